The Morgan fingerprint density at radius 3 is 2.95 bits per heavy atom. The molecular formula is C13H17N5OS. The molecule has 3 rings (SSSR count). The van der Waals surface area contributed by atoms with Crippen LogP contribution in [0.15, 0.2) is 23.8 Å². The number of hydrogen-bond donors (Lipinski definition) is 2. The highest BCUT2D eigenvalue weighted by molar-refractivity contribution is 7.13. The molecule has 2 aromatic rings. The van der Waals surface area contributed by atoms with E-state index in [9.17, 15) is 4.79 Å². The number of aromatic amines is 1. The molecule has 6 nitrogen and oxygen atoms in total. The van der Waals surface area contributed by atoms with E-state index >= 15 is 0 Å². The molecule has 7 heteroatoms. The first-order chi connectivity index (χ1) is 9.81. The smallest absolute Gasteiger partial charge is 0.240 e. The summed E-state index contributed by atoms with van der Waals surface area (Å²) in [5.41, 5.74) is 1.21. The highest BCUT2D eigenvalue weighted by Crippen LogP contribution is 2.26. The number of hydrogen-bond acceptors (Lipinski definition) is 5. The topological polar surface area (TPSA) is 73.9 Å². The molecule has 0 bridgehead atoms. The molecule has 1 aliphatic heterocycles. The Morgan fingerprint density at radius 1 is 1.45 bits per heavy atom. The van der Waals surface area contributed by atoms with Gasteiger partial charge in [0.25, 0.3) is 0 Å². The first-order valence-electron chi connectivity index (χ1n) is 6.72. The first kappa shape index (κ1) is 13.3. The Balaban J connectivity index is 1.45. The second-order valence-electron chi connectivity index (χ2n) is 4.95. The number of H-pyrrole nitrogens is 1. The zero-order valence-corrected chi connectivity index (χ0v) is 11.9. The molecule has 0 unspecified atom stereocenters. The van der Waals surface area contributed by atoms with Crippen molar-refractivity contribution in [3.05, 3.63) is 29.5 Å². The normalized spacial score (nSPS) is 17.2. The number of piperidine rings is 1. The van der Waals surface area contributed by atoms with Gasteiger partial charge in [-0.05, 0) is 32.0 Å². The fraction of sp³-hybridized carbons (Fsp3) is 0.462. The quantitative estimate of drug-likeness (QED) is 0.899. The highest BCUT2D eigenvalue weighted by Gasteiger charge is 2.22. The molecule has 20 heavy (non-hydrogen) atoms. The van der Waals surface area contributed by atoms with E-state index in [2.05, 4.69) is 25.4 Å². The molecule has 1 amide bonds. The van der Waals surface area contributed by atoms with Crippen LogP contribution in [0, 0.1) is 0 Å². The molecule has 2 N–H and O–H groups in total. The Hall–Kier alpha value is -1.73. The lowest BCUT2D eigenvalue weighted by molar-refractivity contribution is -0.117. The van der Waals surface area contributed by atoms with Crippen molar-refractivity contribution < 1.29 is 4.79 Å². The van der Waals surface area contributed by atoms with Gasteiger partial charge in [0.05, 0.1) is 6.54 Å². The van der Waals surface area contributed by atoms with Crippen molar-refractivity contribution in [1.29, 1.82) is 0 Å². The Bertz CT molecular complexity index is 531. The van der Waals surface area contributed by atoms with Crippen molar-refractivity contribution in [1.82, 2.24) is 20.1 Å². The summed E-state index contributed by atoms with van der Waals surface area (Å²) in [6.07, 6.45) is 5.61. The van der Waals surface area contributed by atoms with Gasteiger partial charge in [0.15, 0.2) is 5.13 Å². The van der Waals surface area contributed by atoms with E-state index in [0.29, 0.717) is 17.6 Å². The number of nitrogens with zero attached hydrogens (tertiary/aromatic N) is 3. The van der Waals surface area contributed by atoms with Crippen LogP contribution in [0.4, 0.5) is 5.13 Å². The molecule has 0 saturated carbocycles. The molecule has 1 saturated heterocycles. The molecule has 1 aliphatic rings. The third-order valence-electron chi connectivity index (χ3n) is 3.60. The predicted molar refractivity (Wildman–Crippen MR) is 77.7 cm³/mol. The van der Waals surface area contributed by atoms with Crippen molar-refractivity contribution in [2.24, 2.45) is 0 Å². The Kier molecular flexibility index (Phi) is 4.08. The van der Waals surface area contributed by atoms with E-state index in [1.807, 2.05) is 11.4 Å². The summed E-state index contributed by atoms with van der Waals surface area (Å²) in [6.45, 7) is 2.32. The van der Waals surface area contributed by atoms with Gasteiger partial charge in [-0.25, -0.2) is 4.98 Å². The number of rotatable bonds is 4. The standard InChI is InChI=1S/C13H17N5OS/c19-12(16-13-14-5-8-20-13)9-18-6-2-10(3-7-18)11-1-4-15-17-11/h1,4-5,8,10H,2-3,6-7,9H2,(H,15,17)(H,14,16,19). The highest BCUT2D eigenvalue weighted by atomic mass is 32.1. The maximum atomic E-state index is 11.9. The second kappa shape index (κ2) is 6.15. The summed E-state index contributed by atoms with van der Waals surface area (Å²) in [5.74, 6) is 0.552. The van der Waals surface area contributed by atoms with E-state index in [0.717, 1.165) is 25.9 Å². The fourth-order valence-corrected chi connectivity index (χ4v) is 3.09. The maximum Gasteiger partial charge on any atom is 0.240 e. The zero-order valence-electron chi connectivity index (χ0n) is 11.1. The molecular weight excluding hydrogens is 274 g/mol. The molecule has 0 spiro atoms. The minimum absolute atomic E-state index is 0.0138. The molecule has 0 atom stereocenters. The Morgan fingerprint density at radius 2 is 2.30 bits per heavy atom. The van der Waals surface area contributed by atoms with E-state index in [1.54, 1.807) is 12.4 Å². The lowest BCUT2D eigenvalue weighted by Crippen LogP contribution is -2.38. The summed E-state index contributed by atoms with van der Waals surface area (Å²) >= 11 is 1.44. The minimum Gasteiger partial charge on any atom is -0.301 e. The van der Waals surface area contributed by atoms with Crippen molar-refractivity contribution in [2.45, 2.75) is 18.8 Å². The number of amides is 1. The minimum atomic E-state index is 0.0138. The summed E-state index contributed by atoms with van der Waals surface area (Å²) in [4.78, 5) is 18.1. The van der Waals surface area contributed by atoms with E-state index < -0.39 is 0 Å². The molecule has 3 heterocycles. The van der Waals surface area contributed by atoms with Gasteiger partial charge in [-0.1, -0.05) is 0 Å². The first-order valence-corrected chi connectivity index (χ1v) is 7.60. The van der Waals surface area contributed by atoms with Crippen LogP contribution in [0.25, 0.3) is 0 Å². The summed E-state index contributed by atoms with van der Waals surface area (Å²) in [6, 6.07) is 2.04. The lowest BCUT2D eigenvalue weighted by atomic mass is 9.94. The largest absolute Gasteiger partial charge is 0.301 e. The zero-order chi connectivity index (χ0) is 13.8. The molecule has 1 fully saturated rings. The van der Waals surface area contributed by atoms with Crippen molar-refractivity contribution >= 4 is 22.4 Å². The van der Waals surface area contributed by atoms with Gasteiger partial charge in [0.1, 0.15) is 0 Å². The van der Waals surface area contributed by atoms with Crippen LogP contribution in [-0.2, 0) is 4.79 Å². The van der Waals surface area contributed by atoms with Crippen molar-refractivity contribution in [2.75, 3.05) is 25.0 Å². The third-order valence-corrected chi connectivity index (χ3v) is 4.28. The molecule has 0 aliphatic carbocycles. The van der Waals surface area contributed by atoms with E-state index in [1.165, 1.54) is 17.0 Å². The molecule has 0 aromatic carbocycles. The summed E-state index contributed by atoms with van der Waals surface area (Å²) in [7, 11) is 0. The van der Waals surface area contributed by atoms with E-state index in [-0.39, 0.29) is 5.91 Å². The van der Waals surface area contributed by atoms with Gasteiger partial charge < -0.3 is 5.32 Å². The van der Waals surface area contributed by atoms with Crippen LogP contribution in [0.5, 0.6) is 0 Å². The maximum absolute atomic E-state index is 11.9. The molecule has 106 valence electrons. The number of aromatic nitrogens is 3. The number of likely N-dealkylation sites (tertiary alicyclic amines) is 1. The van der Waals surface area contributed by atoms with Gasteiger partial charge in [0, 0.05) is 29.4 Å². The predicted octanol–water partition coefficient (Wildman–Crippen LogP) is 1.68. The van der Waals surface area contributed by atoms with Crippen molar-refractivity contribution in [3.8, 4) is 0 Å². The molecule has 0 radical (unpaired) electrons. The van der Waals surface area contributed by atoms with Crippen LogP contribution in [-0.4, -0.2) is 45.6 Å². The van der Waals surface area contributed by atoms with Gasteiger partial charge in [-0.3, -0.25) is 14.8 Å². The Labute approximate surface area is 121 Å². The number of nitrogens with one attached hydrogen (secondary N) is 2. The van der Waals surface area contributed by atoms with Gasteiger partial charge in [-0.2, -0.15) is 5.10 Å². The van der Waals surface area contributed by atoms with E-state index in [4.69, 9.17) is 0 Å². The summed E-state index contributed by atoms with van der Waals surface area (Å²) < 4.78 is 0. The average Bonchev–Trinajstić information content (AvgIpc) is 3.12. The number of thiazole rings is 1. The number of anilines is 1. The molecule has 2 aromatic heterocycles. The average molecular weight is 291 g/mol. The monoisotopic (exact) mass is 291 g/mol. The lowest BCUT2D eigenvalue weighted by Gasteiger charge is -2.30. The van der Waals surface area contributed by atoms with Crippen LogP contribution < -0.4 is 5.32 Å². The van der Waals surface area contributed by atoms with Gasteiger partial charge in [0.2, 0.25) is 5.91 Å². The number of carbonyl (C=O) groups is 1. The SMILES string of the molecule is O=C(CN1CCC(c2ccn[nH]2)CC1)Nc1nccs1. The van der Waals surface area contributed by atoms with Crippen molar-refractivity contribution in [3.63, 3.8) is 0 Å². The van der Waals surface area contributed by atoms with Crippen LogP contribution in [0.2, 0.25) is 0 Å². The van der Waals surface area contributed by atoms with Gasteiger partial charge >= 0.3 is 0 Å². The van der Waals surface area contributed by atoms with Gasteiger partial charge in [-0.15, -0.1) is 11.3 Å². The van der Waals surface area contributed by atoms with Crippen LogP contribution in [0.3, 0.4) is 0 Å². The third kappa shape index (κ3) is 3.23. The van der Waals surface area contributed by atoms with Crippen LogP contribution >= 0.6 is 11.3 Å². The van der Waals surface area contributed by atoms with Crippen LogP contribution in [0.1, 0.15) is 24.5 Å². The fourth-order valence-electron chi connectivity index (χ4n) is 2.54. The second-order valence-corrected chi connectivity index (χ2v) is 5.84. The number of carbonyl (C=O) groups excluding carboxylic acids is 1. The summed E-state index contributed by atoms with van der Waals surface area (Å²) in [5, 5.41) is 12.4.